The number of nitrogens with one attached hydrogen (secondary N) is 2. The number of methoxy groups -OCH3 is 1. The van der Waals surface area contributed by atoms with Gasteiger partial charge < -0.3 is 15.4 Å². The fraction of sp³-hybridized carbons (Fsp3) is 0.400. The molecule has 8 nitrogen and oxygen atoms in total. The lowest BCUT2D eigenvalue weighted by atomic mass is 10.1. The number of piperazine rings is 1. The molecule has 0 unspecified atom stereocenters. The van der Waals surface area contributed by atoms with E-state index >= 15 is 0 Å². The fourth-order valence-electron chi connectivity index (χ4n) is 3.26. The molecule has 1 aliphatic rings. The number of amides is 2. The van der Waals surface area contributed by atoms with E-state index in [0.717, 1.165) is 17.0 Å². The lowest BCUT2D eigenvalue weighted by Gasteiger charge is -2.35. The van der Waals surface area contributed by atoms with Crippen LogP contribution in [0.15, 0.2) is 42.9 Å². The minimum Gasteiger partial charge on any atom is -0.496 e. The molecule has 2 amide bonds. The summed E-state index contributed by atoms with van der Waals surface area (Å²) in [6, 6.07) is 7.22. The highest BCUT2D eigenvalue weighted by Crippen LogP contribution is 2.21. The van der Waals surface area contributed by atoms with Crippen molar-refractivity contribution in [3.05, 3.63) is 54.1 Å². The molecule has 2 aromatic rings. The van der Waals surface area contributed by atoms with Crippen molar-refractivity contribution in [1.82, 2.24) is 25.5 Å². The molecular weight excluding hydrogens is 358 g/mol. The van der Waals surface area contributed by atoms with Crippen LogP contribution in [0, 0.1) is 0 Å². The number of benzene rings is 1. The summed E-state index contributed by atoms with van der Waals surface area (Å²) in [4.78, 5) is 35.0. The van der Waals surface area contributed by atoms with Crippen molar-refractivity contribution < 1.29 is 14.3 Å². The Bertz CT molecular complexity index is 799. The molecule has 0 spiro atoms. The van der Waals surface area contributed by atoms with Gasteiger partial charge in [-0.25, -0.2) is 0 Å². The maximum absolute atomic E-state index is 12.4. The summed E-state index contributed by atoms with van der Waals surface area (Å²) in [5.41, 5.74) is 1.81. The minimum absolute atomic E-state index is 0.113. The Morgan fingerprint density at radius 2 is 2.21 bits per heavy atom. The van der Waals surface area contributed by atoms with Crippen LogP contribution >= 0.6 is 0 Å². The molecule has 1 fully saturated rings. The van der Waals surface area contributed by atoms with Gasteiger partial charge in [0.05, 0.1) is 25.3 Å². The van der Waals surface area contributed by atoms with Gasteiger partial charge in [-0.3, -0.25) is 24.5 Å². The third-order valence-corrected chi connectivity index (χ3v) is 4.71. The second kappa shape index (κ2) is 9.80. The van der Waals surface area contributed by atoms with Crippen LogP contribution in [0.3, 0.4) is 0 Å². The maximum atomic E-state index is 12.4. The summed E-state index contributed by atoms with van der Waals surface area (Å²) in [5, 5.41) is 5.72. The van der Waals surface area contributed by atoms with E-state index in [1.807, 2.05) is 29.2 Å². The molecule has 0 bridgehead atoms. The van der Waals surface area contributed by atoms with Gasteiger partial charge in [-0.2, -0.15) is 0 Å². The summed E-state index contributed by atoms with van der Waals surface area (Å²) in [6.07, 6.45) is 5.62. The Morgan fingerprint density at radius 3 is 3.00 bits per heavy atom. The molecule has 0 radical (unpaired) electrons. The number of hydrogen-bond acceptors (Lipinski definition) is 6. The highest BCUT2D eigenvalue weighted by molar-refractivity contribution is 5.88. The number of hydrogen-bond donors (Lipinski definition) is 2. The molecule has 2 heterocycles. The zero-order chi connectivity index (χ0) is 19.8. The number of para-hydroxylation sites is 1. The number of ether oxygens (including phenoxy) is 1. The van der Waals surface area contributed by atoms with E-state index in [4.69, 9.17) is 4.74 Å². The Balaban J connectivity index is 1.57. The number of aromatic nitrogens is 2. The van der Waals surface area contributed by atoms with Crippen molar-refractivity contribution in [2.45, 2.75) is 25.4 Å². The predicted octanol–water partition coefficient (Wildman–Crippen LogP) is 0.535. The Morgan fingerprint density at radius 1 is 1.36 bits per heavy atom. The average Bonchev–Trinajstić information content (AvgIpc) is 2.72. The molecule has 1 saturated heterocycles. The van der Waals surface area contributed by atoms with E-state index in [1.165, 1.54) is 0 Å². The summed E-state index contributed by atoms with van der Waals surface area (Å²) < 4.78 is 5.41. The Hall–Kier alpha value is -3.00. The van der Waals surface area contributed by atoms with Crippen LogP contribution in [0.1, 0.15) is 17.7 Å². The topological polar surface area (TPSA) is 96.5 Å². The van der Waals surface area contributed by atoms with Crippen molar-refractivity contribution >= 4 is 11.8 Å². The average molecular weight is 383 g/mol. The molecule has 1 aromatic carbocycles. The normalized spacial score (nSPS) is 17.0. The number of nitrogens with zero attached hydrogens (tertiary/aromatic N) is 3. The van der Waals surface area contributed by atoms with Crippen molar-refractivity contribution in [3.8, 4) is 5.75 Å². The van der Waals surface area contributed by atoms with Gasteiger partial charge in [-0.05, 0) is 6.07 Å². The lowest BCUT2D eigenvalue weighted by Crippen LogP contribution is -2.56. The van der Waals surface area contributed by atoms with Crippen molar-refractivity contribution in [1.29, 1.82) is 0 Å². The standard InChI is InChI=1S/C20H25N5O3/c1-28-18-5-3-2-4-15(18)14-25-11-10-24-20(27)17(25)12-19(26)23-7-6-16-13-21-8-9-22-16/h2-5,8-9,13,17H,6-7,10-12,14H2,1H3,(H,23,26)(H,24,27)/t17-/m0/s1. The third-order valence-electron chi connectivity index (χ3n) is 4.71. The number of rotatable bonds is 8. The molecule has 0 saturated carbocycles. The van der Waals surface area contributed by atoms with Gasteiger partial charge in [-0.15, -0.1) is 0 Å². The zero-order valence-electron chi connectivity index (χ0n) is 15.9. The van der Waals surface area contributed by atoms with Crippen LogP contribution in [-0.2, 0) is 22.6 Å². The van der Waals surface area contributed by atoms with Gasteiger partial charge in [0.2, 0.25) is 11.8 Å². The molecule has 0 aliphatic carbocycles. The van der Waals surface area contributed by atoms with E-state index in [1.54, 1.807) is 25.7 Å². The number of carbonyl (C=O) groups excluding carboxylic acids is 2. The fourth-order valence-corrected chi connectivity index (χ4v) is 3.26. The highest BCUT2D eigenvalue weighted by Gasteiger charge is 2.31. The van der Waals surface area contributed by atoms with Crippen molar-refractivity contribution in [2.75, 3.05) is 26.7 Å². The third kappa shape index (κ3) is 5.26. The van der Waals surface area contributed by atoms with E-state index in [-0.39, 0.29) is 18.2 Å². The molecule has 3 rings (SSSR count). The first kappa shape index (κ1) is 19.8. The van der Waals surface area contributed by atoms with Crippen LogP contribution in [0.5, 0.6) is 5.75 Å². The van der Waals surface area contributed by atoms with Crippen molar-refractivity contribution in [3.63, 3.8) is 0 Å². The van der Waals surface area contributed by atoms with Crippen LogP contribution in [0.25, 0.3) is 0 Å². The van der Waals surface area contributed by atoms with Crippen LogP contribution in [-0.4, -0.2) is 59.5 Å². The van der Waals surface area contributed by atoms with E-state index in [0.29, 0.717) is 32.6 Å². The summed E-state index contributed by atoms with van der Waals surface area (Å²) in [5.74, 6) is 0.502. The van der Waals surface area contributed by atoms with Crippen LogP contribution in [0.2, 0.25) is 0 Å². The van der Waals surface area contributed by atoms with Crippen molar-refractivity contribution in [2.24, 2.45) is 0 Å². The van der Waals surface area contributed by atoms with Crippen LogP contribution < -0.4 is 15.4 Å². The summed E-state index contributed by atoms with van der Waals surface area (Å²) in [6.45, 7) is 2.26. The summed E-state index contributed by atoms with van der Waals surface area (Å²) >= 11 is 0. The summed E-state index contributed by atoms with van der Waals surface area (Å²) in [7, 11) is 1.63. The second-order valence-electron chi connectivity index (χ2n) is 6.59. The van der Waals surface area contributed by atoms with Gasteiger partial charge in [-0.1, -0.05) is 18.2 Å². The molecule has 148 valence electrons. The largest absolute Gasteiger partial charge is 0.496 e. The molecular formula is C20H25N5O3. The smallest absolute Gasteiger partial charge is 0.237 e. The maximum Gasteiger partial charge on any atom is 0.237 e. The molecule has 1 atom stereocenters. The molecule has 1 aliphatic heterocycles. The van der Waals surface area contributed by atoms with E-state index < -0.39 is 6.04 Å². The molecule has 2 N–H and O–H groups in total. The van der Waals surface area contributed by atoms with Gasteiger partial charge in [0.1, 0.15) is 5.75 Å². The predicted molar refractivity (Wildman–Crippen MR) is 104 cm³/mol. The first-order chi connectivity index (χ1) is 13.7. The molecule has 8 heteroatoms. The molecule has 28 heavy (non-hydrogen) atoms. The first-order valence-corrected chi connectivity index (χ1v) is 9.32. The van der Waals surface area contributed by atoms with E-state index in [2.05, 4.69) is 20.6 Å². The SMILES string of the molecule is COc1ccccc1CN1CCNC(=O)[C@@H]1CC(=O)NCCc1cnccn1. The zero-order valence-corrected chi connectivity index (χ0v) is 15.9. The highest BCUT2D eigenvalue weighted by atomic mass is 16.5. The van der Waals surface area contributed by atoms with E-state index in [9.17, 15) is 9.59 Å². The lowest BCUT2D eigenvalue weighted by molar-refractivity contribution is -0.134. The second-order valence-corrected chi connectivity index (χ2v) is 6.59. The Labute approximate surface area is 164 Å². The van der Waals surface area contributed by atoms with Gasteiger partial charge in [0.15, 0.2) is 0 Å². The monoisotopic (exact) mass is 383 g/mol. The van der Waals surface area contributed by atoms with Gasteiger partial charge >= 0.3 is 0 Å². The van der Waals surface area contributed by atoms with Gasteiger partial charge in [0.25, 0.3) is 0 Å². The van der Waals surface area contributed by atoms with Gasteiger partial charge in [0, 0.05) is 56.8 Å². The van der Waals surface area contributed by atoms with Crippen LogP contribution in [0.4, 0.5) is 0 Å². The molecule has 1 aromatic heterocycles. The minimum atomic E-state index is -0.504. The first-order valence-electron chi connectivity index (χ1n) is 9.32. The number of carbonyl (C=O) groups is 2. The Kier molecular flexibility index (Phi) is 6.91. The quantitative estimate of drug-likeness (QED) is 0.691.